The van der Waals surface area contributed by atoms with Gasteiger partial charge >= 0.3 is 0 Å². The van der Waals surface area contributed by atoms with Crippen molar-refractivity contribution in [2.24, 2.45) is 11.0 Å². The molecule has 0 heterocycles. The van der Waals surface area contributed by atoms with Crippen LogP contribution in [0.3, 0.4) is 0 Å². The summed E-state index contributed by atoms with van der Waals surface area (Å²) in [5, 5.41) is 8.29. The second-order valence-electron chi connectivity index (χ2n) is 6.32. The number of amides is 2. The molecule has 2 aromatic rings. The highest BCUT2D eigenvalue weighted by Gasteiger charge is 2.18. The van der Waals surface area contributed by atoms with E-state index < -0.39 is 5.92 Å². The van der Waals surface area contributed by atoms with Gasteiger partial charge in [0.2, 0.25) is 12.3 Å². The van der Waals surface area contributed by atoms with Crippen LogP contribution in [-0.2, 0) is 20.8 Å². The lowest BCUT2D eigenvalue weighted by Crippen LogP contribution is -2.28. The zero-order valence-electron chi connectivity index (χ0n) is 15.7. The first-order chi connectivity index (χ1) is 12.9. The van der Waals surface area contributed by atoms with E-state index in [9.17, 15) is 14.4 Å². The van der Waals surface area contributed by atoms with E-state index in [4.69, 9.17) is 0 Å². The number of hydrogen-bond donors (Lipinski definition) is 1. The third kappa shape index (κ3) is 5.88. The van der Waals surface area contributed by atoms with Gasteiger partial charge in [-0.25, -0.2) is 5.01 Å². The third-order valence-corrected chi connectivity index (χ3v) is 4.05. The molecule has 2 rings (SSSR count). The second kappa shape index (κ2) is 9.43. The highest BCUT2D eigenvalue weighted by Crippen LogP contribution is 2.15. The van der Waals surface area contributed by atoms with E-state index in [2.05, 4.69) is 10.4 Å². The fraction of sp³-hybridized carbons (Fsp3) is 0.238. The minimum Gasteiger partial charge on any atom is -0.326 e. The molecular formula is C21H23N3O3. The predicted molar refractivity (Wildman–Crippen MR) is 107 cm³/mol. The summed E-state index contributed by atoms with van der Waals surface area (Å²) in [5.41, 5.74) is 2.59. The molecule has 0 aliphatic heterocycles. The molecule has 2 amide bonds. The van der Waals surface area contributed by atoms with E-state index in [1.807, 2.05) is 12.1 Å². The summed E-state index contributed by atoms with van der Waals surface area (Å²) < 4.78 is 0. The summed E-state index contributed by atoms with van der Waals surface area (Å²) in [6.45, 7) is 4.95. The number of carbonyl (C=O) groups excluding carboxylic acids is 3. The molecule has 6 heteroatoms. The number of anilines is 2. The molecule has 0 bridgehead atoms. The number of hydrogen-bond acceptors (Lipinski definition) is 4. The number of nitrogens with one attached hydrogen (secondary N) is 1. The summed E-state index contributed by atoms with van der Waals surface area (Å²) >= 11 is 0. The van der Waals surface area contributed by atoms with E-state index in [-0.39, 0.29) is 11.7 Å². The molecule has 0 spiro atoms. The molecule has 27 heavy (non-hydrogen) atoms. The monoisotopic (exact) mass is 365 g/mol. The lowest BCUT2D eigenvalue weighted by molar-refractivity contribution is -0.118. The first kappa shape index (κ1) is 20.0. The minimum atomic E-state index is -0.535. The van der Waals surface area contributed by atoms with Crippen molar-refractivity contribution in [3.05, 3.63) is 60.2 Å². The Hall–Kier alpha value is -3.28. The summed E-state index contributed by atoms with van der Waals surface area (Å²) in [7, 11) is 0. The number of ketones is 1. The fourth-order valence-electron chi connectivity index (χ4n) is 2.47. The molecular weight excluding hydrogens is 342 g/mol. The van der Waals surface area contributed by atoms with Crippen molar-refractivity contribution in [2.75, 3.05) is 10.3 Å². The highest BCUT2D eigenvalue weighted by atomic mass is 16.2. The minimum absolute atomic E-state index is 0.0599. The lowest BCUT2D eigenvalue weighted by atomic mass is 10.1. The topological polar surface area (TPSA) is 78.8 Å². The van der Waals surface area contributed by atoms with Crippen LogP contribution in [0.2, 0.25) is 0 Å². The van der Waals surface area contributed by atoms with Gasteiger partial charge in [-0.1, -0.05) is 30.3 Å². The Morgan fingerprint density at radius 1 is 1.11 bits per heavy atom. The lowest BCUT2D eigenvalue weighted by Gasteiger charge is -2.16. The maximum absolute atomic E-state index is 12.5. The SMILES string of the molecule is CC(=O)Cc1cccc(NC(=O)C(C)/C(C)=N\N(C=O)c2ccccc2)c1. The van der Waals surface area contributed by atoms with Gasteiger partial charge < -0.3 is 5.32 Å². The van der Waals surface area contributed by atoms with Gasteiger partial charge in [-0.15, -0.1) is 0 Å². The molecule has 1 N–H and O–H groups in total. The van der Waals surface area contributed by atoms with Crippen molar-refractivity contribution >= 4 is 35.2 Å². The van der Waals surface area contributed by atoms with Crippen LogP contribution in [0.25, 0.3) is 0 Å². The van der Waals surface area contributed by atoms with E-state index in [1.54, 1.807) is 56.3 Å². The van der Waals surface area contributed by atoms with E-state index in [1.165, 1.54) is 11.9 Å². The van der Waals surface area contributed by atoms with E-state index in [0.29, 0.717) is 29.9 Å². The van der Waals surface area contributed by atoms with Gasteiger partial charge in [-0.05, 0) is 50.6 Å². The van der Waals surface area contributed by atoms with Crippen LogP contribution < -0.4 is 10.3 Å². The first-order valence-electron chi connectivity index (χ1n) is 8.64. The first-order valence-corrected chi connectivity index (χ1v) is 8.64. The van der Waals surface area contributed by atoms with Crippen LogP contribution in [0.4, 0.5) is 11.4 Å². The predicted octanol–water partition coefficient (Wildman–Crippen LogP) is 3.43. The van der Waals surface area contributed by atoms with Crippen LogP contribution in [0, 0.1) is 5.92 Å². The van der Waals surface area contributed by atoms with Gasteiger partial charge in [-0.3, -0.25) is 14.4 Å². The van der Waals surface area contributed by atoms with Gasteiger partial charge in [0.05, 0.1) is 11.6 Å². The summed E-state index contributed by atoms with van der Waals surface area (Å²) in [6.07, 6.45) is 0.930. The summed E-state index contributed by atoms with van der Waals surface area (Å²) in [6, 6.07) is 16.2. The van der Waals surface area contributed by atoms with Gasteiger partial charge in [-0.2, -0.15) is 5.10 Å². The van der Waals surface area contributed by atoms with Crippen LogP contribution in [0.1, 0.15) is 26.3 Å². The molecule has 0 aliphatic rings. The number of rotatable bonds is 8. The molecule has 0 aliphatic carbocycles. The third-order valence-electron chi connectivity index (χ3n) is 4.05. The van der Waals surface area contributed by atoms with Gasteiger partial charge in [0.15, 0.2) is 0 Å². The highest BCUT2D eigenvalue weighted by molar-refractivity contribution is 6.08. The van der Waals surface area contributed by atoms with Gasteiger partial charge in [0.1, 0.15) is 5.78 Å². The Kier molecular flexibility index (Phi) is 7.00. The molecule has 6 nitrogen and oxygen atoms in total. The van der Waals surface area contributed by atoms with Crippen molar-refractivity contribution < 1.29 is 14.4 Å². The standard InChI is InChI=1S/C21H23N3O3/c1-15(26)12-18-8-7-9-19(13-18)22-21(27)16(2)17(3)23-24(14-25)20-10-5-4-6-11-20/h4-11,13-14,16H,12H2,1-3H3,(H,22,27)/b23-17-. The number of hydrazone groups is 1. The van der Waals surface area contributed by atoms with Crippen molar-refractivity contribution in [1.29, 1.82) is 0 Å². The largest absolute Gasteiger partial charge is 0.326 e. The summed E-state index contributed by atoms with van der Waals surface area (Å²) in [4.78, 5) is 35.1. The molecule has 0 saturated carbocycles. The van der Waals surface area contributed by atoms with Gasteiger partial charge in [0.25, 0.3) is 0 Å². The van der Waals surface area contributed by atoms with Crippen molar-refractivity contribution in [3.63, 3.8) is 0 Å². The quantitative estimate of drug-likeness (QED) is 0.442. The average Bonchev–Trinajstić information content (AvgIpc) is 2.65. The van der Waals surface area contributed by atoms with Crippen LogP contribution in [-0.4, -0.2) is 23.8 Å². The molecule has 2 aromatic carbocycles. The maximum atomic E-state index is 12.5. The molecule has 1 unspecified atom stereocenters. The molecule has 0 aromatic heterocycles. The second-order valence-corrected chi connectivity index (χ2v) is 6.32. The Balaban J connectivity index is 2.09. The number of nitrogens with zero attached hydrogens (tertiary/aromatic N) is 2. The number of carbonyl (C=O) groups is 3. The Morgan fingerprint density at radius 3 is 2.44 bits per heavy atom. The maximum Gasteiger partial charge on any atom is 0.234 e. The molecule has 0 radical (unpaired) electrons. The Morgan fingerprint density at radius 2 is 1.81 bits per heavy atom. The number of para-hydroxylation sites is 1. The Labute approximate surface area is 158 Å². The average molecular weight is 365 g/mol. The van der Waals surface area contributed by atoms with Crippen LogP contribution >= 0.6 is 0 Å². The zero-order valence-corrected chi connectivity index (χ0v) is 15.7. The fourth-order valence-corrected chi connectivity index (χ4v) is 2.47. The van der Waals surface area contributed by atoms with Gasteiger partial charge in [0, 0.05) is 17.8 Å². The zero-order chi connectivity index (χ0) is 19.8. The smallest absolute Gasteiger partial charge is 0.234 e. The molecule has 140 valence electrons. The van der Waals surface area contributed by atoms with Crippen molar-refractivity contribution in [1.82, 2.24) is 0 Å². The molecule has 0 fully saturated rings. The normalized spacial score (nSPS) is 12.2. The number of Topliss-reactive ketones (excluding diaryl/α,β-unsaturated/α-hetero) is 1. The van der Waals surface area contributed by atoms with E-state index >= 15 is 0 Å². The van der Waals surface area contributed by atoms with Crippen molar-refractivity contribution in [3.8, 4) is 0 Å². The van der Waals surface area contributed by atoms with Crippen LogP contribution in [0.15, 0.2) is 59.7 Å². The molecule has 1 atom stereocenters. The number of benzene rings is 2. The molecule has 0 saturated heterocycles. The van der Waals surface area contributed by atoms with Crippen LogP contribution in [0.5, 0.6) is 0 Å². The van der Waals surface area contributed by atoms with E-state index in [0.717, 1.165) is 5.56 Å². The summed E-state index contributed by atoms with van der Waals surface area (Å²) in [5.74, 6) is -0.715. The Bertz CT molecular complexity index is 847. The van der Waals surface area contributed by atoms with Crippen molar-refractivity contribution in [2.45, 2.75) is 27.2 Å².